The number of hydrogen-bond acceptors (Lipinski definition) is 5. The molecule has 9 heteroatoms. The maximum atomic E-state index is 5.79. The van der Waals surface area contributed by atoms with Gasteiger partial charge in [-0.3, -0.25) is 9.39 Å². The van der Waals surface area contributed by atoms with Gasteiger partial charge in [0.1, 0.15) is 5.82 Å². The molecule has 2 aromatic heterocycles. The Bertz CT molecular complexity index is 717. The Morgan fingerprint density at radius 3 is 2.89 bits per heavy atom. The van der Waals surface area contributed by atoms with Gasteiger partial charge in [-0.2, -0.15) is 0 Å². The highest BCUT2D eigenvalue weighted by atomic mass is 127. The lowest BCUT2D eigenvalue weighted by Gasteiger charge is -2.21. The van der Waals surface area contributed by atoms with Crippen molar-refractivity contribution in [3.8, 4) is 0 Å². The van der Waals surface area contributed by atoms with E-state index in [4.69, 9.17) is 9.47 Å². The maximum absolute atomic E-state index is 5.79. The molecular weight excluding hydrogens is 471 g/mol. The SMILES string of the molecule is CN=C(NCCCOCC1CCOCC1)NCCc1nnc2ccccn12.I. The van der Waals surface area contributed by atoms with Crippen LogP contribution in [-0.4, -0.2) is 67.1 Å². The molecule has 1 aliphatic rings. The summed E-state index contributed by atoms with van der Waals surface area (Å²) < 4.78 is 13.2. The van der Waals surface area contributed by atoms with Crippen molar-refractivity contribution in [2.45, 2.75) is 25.7 Å². The fourth-order valence-corrected chi connectivity index (χ4v) is 3.12. The third-order valence-corrected chi connectivity index (χ3v) is 4.70. The third kappa shape index (κ3) is 7.17. The second-order valence-electron chi connectivity index (χ2n) is 6.71. The topological polar surface area (TPSA) is 85.1 Å². The number of halogens is 1. The predicted molar refractivity (Wildman–Crippen MR) is 120 cm³/mol. The molecule has 0 radical (unpaired) electrons. The molecule has 0 spiro atoms. The molecule has 1 fully saturated rings. The van der Waals surface area contributed by atoms with Gasteiger partial charge in [-0.15, -0.1) is 34.2 Å². The van der Waals surface area contributed by atoms with E-state index in [0.29, 0.717) is 5.92 Å². The number of aliphatic imine (C=N–C) groups is 1. The summed E-state index contributed by atoms with van der Waals surface area (Å²) in [5.41, 5.74) is 0.871. The van der Waals surface area contributed by atoms with Crippen LogP contribution in [0.1, 0.15) is 25.1 Å². The van der Waals surface area contributed by atoms with Gasteiger partial charge in [-0.05, 0) is 37.3 Å². The molecule has 0 amide bonds. The summed E-state index contributed by atoms with van der Waals surface area (Å²) in [6, 6.07) is 5.90. The molecule has 0 bridgehead atoms. The fourth-order valence-electron chi connectivity index (χ4n) is 3.12. The molecule has 3 heterocycles. The van der Waals surface area contributed by atoms with Gasteiger partial charge < -0.3 is 20.1 Å². The summed E-state index contributed by atoms with van der Waals surface area (Å²) in [5, 5.41) is 15.0. The second kappa shape index (κ2) is 12.9. The monoisotopic (exact) mass is 502 g/mol. The molecule has 2 N–H and O–H groups in total. The Kier molecular flexibility index (Phi) is 10.5. The minimum absolute atomic E-state index is 0. The molecule has 8 nitrogen and oxygen atoms in total. The number of nitrogens with zero attached hydrogens (tertiary/aromatic N) is 4. The van der Waals surface area contributed by atoms with E-state index < -0.39 is 0 Å². The third-order valence-electron chi connectivity index (χ3n) is 4.70. The Morgan fingerprint density at radius 2 is 2.07 bits per heavy atom. The maximum Gasteiger partial charge on any atom is 0.190 e. The molecule has 1 saturated heterocycles. The van der Waals surface area contributed by atoms with Gasteiger partial charge >= 0.3 is 0 Å². The van der Waals surface area contributed by atoms with E-state index in [1.807, 2.05) is 28.8 Å². The Balaban J connectivity index is 0.00000280. The normalized spacial score (nSPS) is 15.4. The molecule has 0 unspecified atom stereocenters. The lowest BCUT2D eigenvalue weighted by molar-refractivity contribution is 0.0203. The van der Waals surface area contributed by atoms with Crippen LogP contribution in [0, 0.1) is 5.92 Å². The van der Waals surface area contributed by atoms with Gasteiger partial charge in [0.2, 0.25) is 0 Å². The van der Waals surface area contributed by atoms with Crippen LogP contribution in [0.2, 0.25) is 0 Å². The van der Waals surface area contributed by atoms with E-state index in [-0.39, 0.29) is 24.0 Å². The van der Waals surface area contributed by atoms with Gasteiger partial charge in [0.25, 0.3) is 0 Å². The molecule has 0 aromatic carbocycles. The number of nitrogens with one attached hydrogen (secondary N) is 2. The first-order chi connectivity index (χ1) is 13.4. The van der Waals surface area contributed by atoms with Crippen molar-refractivity contribution >= 4 is 35.6 Å². The number of fused-ring (bicyclic) bond motifs is 1. The lowest BCUT2D eigenvalue weighted by atomic mass is 10.0. The summed E-state index contributed by atoms with van der Waals surface area (Å²) in [7, 11) is 1.78. The molecule has 3 rings (SSSR count). The standard InChI is InChI=1S/C19H30N6O2.HI/c1-20-19(21-9-4-12-27-15-16-7-13-26-14-8-16)22-10-6-18-24-23-17-5-2-3-11-25(17)18;/h2-3,5,11,16H,4,6-10,12-15H2,1H3,(H2,20,21,22);1H. The average molecular weight is 502 g/mol. The summed E-state index contributed by atoms with van der Waals surface area (Å²) in [6.07, 6.45) is 5.96. The van der Waals surface area contributed by atoms with Crippen LogP contribution in [0.25, 0.3) is 5.65 Å². The van der Waals surface area contributed by atoms with Gasteiger partial charge in [-0.25, -0.2) is 0 Å². The number of rotatable bonds is 9. The summed E-state index contributed by atoms with van der Waals surface area (Å²) in [5.74, 6) is 2.40. The molecule has 0 saturated carbocycles. The Morgan fingerprint density at radius 1 is 1.25 bits per heavy atom. The molecule has 0 aliphatic carbocycles. The molecule has 1 aliphatic heterocycles. The van der Waals surface area contributed by atoms with Gasteiger partial charge in [-0.1, -0.05) is 6.07 Å². The zero-order valence-corrected chi connectivity index (χ0v) is 18.8. The van der Waals surface area contributed by atoms with Crippen LogP contribution in [0.3, 0.4) is 0 Å². The number of guanidine groups is 1. The quantitative estimate of drug-likeness (QED) is 0.236. The first-order valence-electron chi connectivity index (χ1n) is 9.75. The van der Waals surface area contributed by atoms with Crippen molar-refractivity contribution in [2.75, 3.05) is 46.6 Å². The minimum Gasteiger partial charge on any atom is -0.381 e. The smallest absolute Gasteiger partial charge is 0.190 e. The van der Waals surface area contributed by atoms with Crippen molar-refractivity contribution < 1.29 is 9.47 Å². The van der Waals surface area contributed by atoms with E-state index in [0.717, 1.165) is 82.6 Å². The minimum atomic E-state index is 0. The van der Waals surface area contributed by atoms with Crippen molar-refractivity contribution in [3.05, 3.63) is 30.2 Å². The zero-order chi connectivity index (χ0) is 18.7. The Labute approximate surface area is 183 Å². The van der Waals surface area contributed by atoms with E-state index in [1.54, 1.807) is 7.05 Å². The predicted octanol–water partition coefficient (Wildman–Crippen LogP) is 1.89. The van der Waals surface area contributed by atoms with Crippen LogP contribution in [0.15, 0.2) is 29.4 Å². The van der Waals surface area contributed by atoms with Gasteiger partial charge in [0, 0.05) is 59.2 Å². The molecule has 28 heavy (non-hydrogen) atoms. The van der Waals surface area contributed by atoms with Crippen molar-refractivity contribution in [1.29, 1.82) is 0 Å². The highest BCUT2D eigenvalue weighted by molar-refractivity contribution is 14.0. The number of hydrogen-bond donors (Lipinski definition) is 2. The number of aromatic nitrogens is 3. The van der Waals surface area contributed by atoms with Crippen LogP contribution in [0.4, 0.5) is 0 Å². The largest absolute Gasteiger partial charge is 0.381 e. The zero-order valence-electron chi connectivity index (χ0n) is 16.5. The number of pyridine rings is 1. The van der Waals surface area contributed by atoms with Crippen LogP contribution < -0.4 is 10.6 Å². The van der Waals surface area contributed by atoms with Crippen LogP contribution in [-0.2, 0) is 15.9 Å². The molecule has 2 aromatic rings. The first-order valence-corrected chi connectivity index (χ1v) is 9.75. The van der Waals surface area contributed by atoms with Crippen molar-refractivity contribution in [2.24, 2.45) is 10.9 Å². The van der Waals surface area contributed by atoms with E-state index in [2.05, 4.69) is 25.8 Å². The van der Waals surface area contributed by atoms with E-state index in [1.165, 1.54) is 0 Å². The fraction of sp³-hybridized carbons (Fsp3) is 0.632. The van der Waals surface area contributed by atoms with Gasteiger partial charge in [0.15, 0.2) is 11.6 Å². The highest BCUT2D eigenvalue weighted by Crippen LogP contribution is 2.14. The summed E-state index contributed by atoms with van der Waals surface area (Å²) in [6.45, 7) is 4.96. The van der Waals surface area contributed by atoms with E-state index >= 15 is 0 Å². The first kappa shape index (κ1) is 22.8. The molecule has 0 atom stereocenters. The Hall–Kier alpha value is -1.46. The van der Waals surface area contributed by atoms with Crippen molar-refractivity contribution in [1.82, 2.24) is 25.2 Å². The van der Waals surface area contributed by atoms with Crippen LogP contribution >= 0.6 is 24.0 Å². The molecule has 156 valence electrons. The number of ether oxygens (including phenoxy) is 2. The summed E-state index contributed by atoms with van der Waals surface area (Å²) in [4.78, 5) is 4.26. The van der Waals surface area contributed by atoms with Gasteiger partial charge in [0.05, 0.1) is 0 Å². The average Bonchev–Trinajstić information content (AvgIpc) is 3.13. The van der Waals surface area contributed by atoms with Crippen LogP contribution in [0.5, 0.6) is 0 Å². The highest BCUT2D eigenvalue weighted by Gasteiger charge is 2.13. The summed E-state index contributed by atoms with van der Waals surface area (Å²) >= 11 is 0. The second-order valence-corrected chi connectivity index (χ2v) is 6.71. The van der Waals surface area contributed by atoms with E-state index in [9.17, 15) is 0 Å². The molecular formula is C19H31IN6O2. The lowest BCUT2D eigenvalue weighted by Crippen LogP contribution is -2.39. The van der Waals surface area contributed by atoms with Crippen molar-refractivity contribution in [3.63, 3.8) is 0 Å².